The second kappa shape index (κ2) is 14.6. The molecule has 1 aliphatic rings. The van der Waals surface area contributed by atoms with Crippen LogP contribution in [-0.2, 0) is 16.2 Å². The fourth-order valence-electron chi connectivity index (χ4n) is 5.25. The molecule has 1 N–H and O–H groups in total. The highest BCUT2D eigenvalue weighted by Gasteiger charge is 2.46. The highest BCUT2D eigenvalue weighted by molar-refractivity contribution is 6.46. The first-order valence-corrected chi connectivity index (χ1v) is 14.5. The number of ether oxygens (including phenoxy) is 3. The number of rotatable bonds is 14. The molecule has 0 bridgehead atoms. The molecule has 1 heterocycles. The molecule has 1 saturated heterocycles. The minimum atomic E-state index is -0.816. The minimum Gasteiger partial charge on any atom is -0.507 e. The highest BCUT2D eigenvalue weighted by Crippen LogP contribution is 2.42. The zero-order valence-corrected chi connectivity index (χ0v) is 25.3. The summed E-state index contributed by atoms with van der Waals surface area (Å²) in [7, 11) is 1.55. The van der Waals surface area contributed by atoms with E-state index in [9.17, 15) is 14.7 Å². The normalized spacial score (nSPS) is 16.0. The first kappa shape index (κ1) is 31.4. The monoisotopic (exact) mass is 584 g/mol. The van der Waals surface area contributed by atoms with Crippen LogP contribution in [0.25, 0.3) is 5.76 Å². The molecule has 43 heavy (non-hydrogen) atoms. The van der Waals surface area contributed by atoms with Gasteiger partial charge in [0.2, 0.25) is 0 Å². The molecule has 0 radical (unpaired) electrons. The van der Waals surface area contributed by atoms with Crippen molar-refractivity contribution in [3.8, 4) is 17.2 Å². The lowest BCUT2D eigenvalue weighted by atomic mass is 9.93. The van der Waals surface area contributed by atoms with Crippen LogP contribution in [0, 0.1) is 6.92 Å². The molecule has 0 spiro atoms. The second-order valence-electron chi connectivity index (χ2n) is 10.3. The summed E-state index contributed by atoms with van der Waals surface area (Å²) >= 11 is 0. The van der Waals surface area contributed by atoms with Crippen molar-refractivity contribution in [2.24, 2.45) is 0 Å². The van der Waals surface area contributed by atoms with Crippen molar-refractivity contribution in [3.05, 3.63) is 107 Å². The molecular formula is C35H40N2O6. The van der Waals surface area contributed by atoms with E-state index in [2.05, 4.69) is 25.3 Å². The molecule has 0 saturated carbocycles. The minimum absolute atomic E-state index is 0.0346. The van der Waals surface area contributed by atoms with E-state index in [1.54, 1.807) is 48.4 Å². The zero-order chi connectivity index (χ0) is 30.9. The summed E-state index contributed by atoms with van der Waals surface area (Å²) in [5.74, 6) is -0.00267. The number of aliphatic hydroxyl groups is 1. The van der Waals surface area contributed by atoms with Crippen molar-refractivity contribution in [1.82, 2.24) is 9.80 Å². The molecule has 3 aromatic rings. The average molecular weight is 585 g/mol. The van der Waals surface area contributed by atoms with Crippen molar-refractivity contribution < 1.29 is 28.9 Å². The number of likely N-dealkylation sites (tertiary alicyclic amines) is 1. The second-order valence-corrected chi connectivity index (χ2v) is 10.3. The van der Waals surface area contributed by atoms with E-state index < -0.39 is 17.7 Å². The Labute approximate surface area is 253 Å². The number of hydrogen-bond acceptors (Lipinski definition) is 7. The molecule has 1 amide bonds. The van der Waals surface area contributed by atoms with Crippen LogP contribution in [0.15, 0.2) is 85.0 Å². The summed E-state index contributed by atoms with van der Waals surface area (Å²) in [6, 6.07) is 19.5. The predicted molar refractivity (Wildman–Crippen MR) is 167 cm³/mol. The number of carbonyl (C=O) groups excluding carboxylic acids is 2. The summed E-state index contributed by atoms with van der Waals surface area (Å²) < 4.78 is 17.4. The lowest BCUT2D eigenvalue weighted by Crippen LogP contribution is -2.38. The SMILES string of the molecule is C=CCOc1ccc(C(O)=C2C(=O)C(=O)N(CCN(CC)CC)C2c2ccc(OCc3ccccc3)c(OC)c2)c(C)c1. The van der Waals surface area contributed by atoms with Gasteiger partial charge in [-0.25, -0.2) is 0 Å². The van der Waals surface area contributed by atoms with E-state index >= 15 is 0 Å². The maximum Gasteiger partial charge on any atom is 0.295 e. The Morgan fingerprint density at radius 1 is 1.00 bits per heavy atom. The summed E-state index contributed by atoms with van der Waals surface area (Å²) in [6.45, 7) is 12.8. The lowest BCUT2D eigenvalue weighted by molar-refractivity contribution is -0.140. The number of amides is 1. The van der Waals surface area contributed by atoms with Gasteiger partial charge in [-0.3, -0.25) is 9.59 Å². The Morgan fingerprint density at radius 2 is 1.74 bits per heavy atom. The van der Waals surface area contributed by atoms with E-state index in [0.29, 0.717) is 60.2 Å². The van der Waals surface area contributed by atoms with Crippen LogP contribution in [0.3, 0.4) is 0 Å². The van der Waals surface area contributed by atoms with Gasteiger partial charge >= 0.3 is 0 Å². The Kier molecular flexibility index (Phi) is 10.6. The first-order valence-electron chi connectivity index (χ1n) is 14.5. The third-order valence-corrected chi connectivity index (χ3v) is 7.65. The Morgan fingerprint density at radius 3 is 2.40 bits per heavy atom. The van der Waals surface area contributed by atoms with Gasteiger partial charge in [0.1, 0.15) is 24.7 Å². The lowest BCUT2D eigenvalue weighted by Gasteiger charge is -2.28. The number of aryl methyl sites for hydroxylation is 1. The summed E-state index contributed by atoms with van der Waals surface area (Å²) in [4.78, 5) is 30.8. The number of methoxy groups -OCH3 is 1. The molecule has 1 atom stereocenters. The molecule has 0 aliphatic carbocycles. The fraction of sp³-hybridized carbons (Fsp3) is 0.314. The van der Waals surface area contributed by atoms with Crippen molar-refractivity contribution in [2.75, 3.05) is 39.9 Å². The molecular weight excluding hydrogens is 544 g/mol. The maximum atomic E-state index is 13.6. The summed E-state index contributed by atoms with van der Waals surface area (Å²) in [6.07, 6.45) is 1.65. The van der Waals surface area contributed by atoms with E-state index in [4.69, 9.17) is 14.2 Å². The Balaban J connectivity index is 1.76. The number of nitrogens with zero attached hydrogens (tertiary/aromatic N) is 2. The largest absolute Gasteiger partial charge is 0.507 e. The van der Waals surface area contributed by atoms with Gasteiger partial charge in [-0.2, -0.15) is 0 Å². The number of Topliss-reactive ketones (excluding diaryl/α,β-unsaturated/α-hetero) is 1. The number of ketones is 1. The van der Waals surface area contributed by atoms with Gasteiger partial charge in [-0.15, -0.1) is 0 Å². The Bertz CT molecular complexity index is 1480. The number of hydrogen-bond donors (Lipinski definition) is 1. The van der Waals surface area contributed by atoms with Crippen LogP contribution in [0.1, 0.15) is 42.1 Å². The van der Waals surface area contributed by atoms with Crippen LogP contribution < -0.4 is 14.2 Å². The van der Waals surface area contributed by atoms with Gasteiger partial charge in [0, 0.05) is 18.7 Å². The van der Waals surface area contributed by atoms with Gasteiger partial charge in [-0.1, -0.05) is 62.9 Å². The quantitative estimate of drug-likeness (QED) is 0.109. The summed E-state index contributed by atoms with van der Waals surface area (Å²) in [5, 5.41) is 11.6. The molecule has 1 unspecified atom stereocenters. The van der Waals surface area contributed by atoms with Gasteiger partial charge in [0.25, 0.3) is 11.7 Å². The molecule has 226 valence electrons. The average Bonchev–Trinajstić information content (AvgIpc) is 3.28. The van der Waals surface area contributed by atoms with Crippen LogP contribution in [0.2, 0.25) is 0 Å². The van der Waals surface area contributed by atoms with Crippen molar-refractivity contribution in [3.63, 3.8) is 0 Å². The number of aliphatic hydroxyl groups excluding tert-OH is 1. The zero-order valence-electron chi connectivity index (χ0n) is 25.3. The topological polar surface area (TPSA) is 88.5 Å². The summed E-state index contributed by atoms with van der Waals surface area (Å²) in [5.41, 5.74) is 2.83. The molecule has 8 nitrogen and oxygen atoms in total. The van der Waals surface area contributed by atoms with Crippen LogP contribution in [0.4, 0.5) is 0 Å². The maximum absolute atomic E-state index is 13.6. The molecule has 4 rings (SSSR count). The predicted octanol–water partition coefficient (Wildman–Crippen LogP) is 5.91. The van der Waals surface area contributed by atoms with E-state index in [1.165, 1.54) is 0 Å². The van der Waals surface area contributed by atoms with E-state index in [1.807, 2.05) is 43.3 Å². The van der Waals surface area contributed by atoms with Crippen LogP contribution >= 0.6 is 0 Å². The number of carbonyl (C=O) groups is 2. The van der Waals surface area contributed by atoms with Gasteiger partial charge in [-0.05, 0) is 67.0 Å². The Hall–Kier alpha value is -4.56. The van der Waals surface area contributed by atoms with Crippen LogP contribution in [-0.4, -0.2) is 66.5 Å². The van der Waals surface area contributed by atoms with Crippen molar-refractivity contribution >= 4 is 17.4 Å². The van der Waals surface area contributed by atoms with Gasteiger partial charge in [0.15, 0.2) is 11.5 Å². The molecule has 3 aromatic carbocycles. The van der Waals surface area contributed by atoms with Crippen molar-refractivity contribution in [2.45, 2.75) is 33.4 Å². The number of benzene rings is 3. The van der Waals surface area contributed by atoms with Gasteiger partial charge in [0.05, 0.1) is 18.7 Å². The van der Waals surface area contributed by atoms with Crippen molar-refractivity contribution in [1.29, 1.82) is 0 Å². The molecule has 1 fully saturated rings. The van der Waals surface area contributed by atoms with Crippen LogP contribution in [0.5, 0.6) is 17.2 Å². The molecule has 1 aliphatic heterocycles. The highest BCUT2D eigenvalue weighted by atomic mass is 16.5. The number of likely N-dealkylation sites (N-methyl/N-ethyl adjacent to an activating group) is 1. The van der Waals surface area contributed by atoms with E-state index in [-0.39, 0.29) is 11.3 Å². The standard InChI is InChI=1S/C35H40N2O6/c1-6-20-42-27-15-16-28(24(4)21-27)33(38)31-32(37(35(40)34(31)39)19-18-36(7-2)8-3)26-14-17-29(30(22-26)41-5)43-23-25-12-10-9-11-13-25/h6,9-17,21-22,32,38H,1,7-8,18-20,23H2,2-5H3. The van der Waals surface area contributed by atoms with E-state index in [0.717, 1.165) is 18.7 Å². The molecule has 0 aromatic heterocycles. The smallest absolute Gasteiger partial charge is 0.295 e. The van der Waals surface area contributed by atoms with Gasteiger partial charge < -0.3 is 29.1 Å². The third-order valence-electron chi connectivity index (χ3n) is 7.65. The fourth-order valence-corrected chi connectivity index (χ4v) is 5.25. The third kappa shape index (κ3) is 7.09. The first-order chi connectivity index (χ1) is 20.8. The molecule has 8 heteroatoms.